The predicted molar refractivity (Wildman–Crippen MR) is 96.7 cm³/mol. The molecule has 0 saturated carbocycles. The van der Waals surface area contributed by atoms with Crippen molar-refractivity contribution in [3.05, 3.63) is 47.8 Å². The lowest BCUT2D eigenvalue weighted by molar-refractivity contribution is -0.137. The van der Waals surface area contributed by atoms with Crippen molar-refractivity contribution >= 4 is 17.5 Å². The summed E-state index contributed by atoms with van der Waals surface area (Å²) in [5, 5.41) is 2.56. The van der Waals surface area contributed by atoms with Crippen molar-refractivity contribution in [3.8, 4) is 0 Å². The lowest BCUT2D eigenvalue weighted by Gasteiger charge is -2.35. The van der Waals surface area contributed by atoms with Crippen LogP contribution in [0.4, 0.5) is 24.8 Å². The van der Waals surface area contributed by atoms with Crippen LogP contribution in [0.3, 0.4) is 0 Å². The SMILES string of the molecule is CCC1CCCCN1c1ncc(C(=O)Nc2ccc(C(F)(F)F)cc2)cn1. The third kappa shape index (κ3) is 4.56. The Kier molecular flexibility index (Phi) is 5.62. The Labute approximate surface area is 155 Å². The van der Waals surface area contributed by atoms with E-state index in [1.54, 1.807) is 0 Å². The summed E-state index contributed by atoms with van der Waals surface area (Å²) in [4.78, 5) is 23.1. The quantitative estimate of drug-likeness (QED) is 0.850. The Morgan fingerprint density at radius 3 is 2.44 bits per heavy atom. The highest BCUT2D eigenvalue weighted by molar-refractivity contribution is 6.03. The molecule has 1 fully saturated rings. The van der Waals surface area contributed by atoms with Gasteiger partial charge in [0.2, 0.25) is 5.95 Å². The summed E-state index contributed by atoms with van der Waals surface area (Å²) in [5.74, 6) is 0.139. The number of aromatic nitrogens is 2. The lowest BCUT2D eigenvalue weighted by Crippen LogP contribution is -2.40. The van der Waals surface area contributed by atoms with Gasteiger partial charge in [0.1, 0.15) is 0 Å². The molecule has 5 nitrogen and oxygen atoms in total. The summed E-state index contributed by atoms with van der Waals surface area (Å²) >= 11 is 0. The molecule has 1 N–H and O–H groups in total. The van der Waals surface area contributed by atoms with Crippen LogP contribution in [0.5, 0.6) is 0 Å². The van der Waals surface area contributed by atoms with E-state index in [0.717, 1.165) is 37.9 Å². The van der Waals surface area contributed by atoms with E-state index < -0.39 is 17.6 Å². The van der Waals surface area contributed by atoms with Gasteiger partial charge in [0.15, 0.2) is 0 Å². The third-order valence-electron chi connectivity index (χ3n) is 4.73. The number of rotatable bonds is 4. The summed E-state index contributed by atoms with van der Waals surface area (Å²) in [5.41, 5.74) is -0.233. The monoisotopic (exact) mass is 378 g/mol. The molecule has 144 valence electrons. The number of hydrogen-bond acceptors (Lipinski definition) is 4. The topological polar surface area (TPSA) is 58.1 Å². The Hall–Kier alpha value is -2.64. The number of carbonyl (C=O) groups is 1. The fourth-order valence-corrected chi connectivity index (χ4v) is 3.22. The van der Waals surface area contributed by atoms with Gasteiger partial charge in [-0.3, -0.25) is 4.79 Å². The van der Waals surface area contributed by atoms with E-state index in [-0.39, 0.29) is 11.3 Å². The maximum absolute atomic E-state index is 12.6. The number of alkyl halides is 3. The van der Waals surface area contributed by atoms with E-state index >= 15 is 0 Å². The molecule has 1 aliphatic heterocycles. The van der Waals surface area contributed by atoms with Gasteiger partial charge < -0.3 is 10.2 Å². The van der Waals surface area contributed by atoms with Crippen LogP contribution in [-0.4, -0.2) is 28.5 Å². The normalized spacial score (nSPS) is 17.6. The molecule has 8 heteroatoms. The van der Waals surface area contributed by atoms with Gasteiger partial charge in [0.05, 0.1) is 11.1 Å². The average Bonchev–Trinajstić information content (AvgIpc) is 2.68. The van der Waals surface area contributed by atoms with Gasteiger partial charge >= 0.3 is 6.18 Å². The molecule has 2 heterocycles. The summed E-state index contributed by atoms with van der Waals surface area (Å²) in [6, 6.07) is 4.70. The fraction of sp³-hybridized carbons (Fsp3) is 0.421. The number of hydrogen-bond donors (Lipinski definition) is 1. The number of nitrogens with one attached hydrogen (secondary N) is 1. The number of anilines is 2. The van der Waals surface area contributed by atoms with Crippen LogP contribution in [0, 0.1) is 0 Å². The van der Waals surface area contributed by atoms with Crippen molar-refractivity contribution in [3.63, 3.8) is 0 Å². The highest BCUT2D eigenvalue weighted by Gasteiger charge is 2.30. The van der Waals surface area contributed by atoms with Gasteiger partial charge in [0, 0.05) is 30.7 Å². The number of piperidine rings is 1. The largest absolute Gasteiger partial charge is 0.416 e. The van der Waals surface area contributed by atoms with Crippen LogP contribution >= 0.6 is 0 Å². The minimum Gasteiger partial charge on any atom is -0.338 e. The minimum absolute atomic E-state index is 0.253. The van der Waals surface area contributed by atoms with E-state index in [9.17, 15) is 18.0 Å². The highest BCUT2D eigenvalue weighted by atomic mass is 19.4. The Balaban J connectivity index is 1.67. The van der Waals surface area contributed by atoms with Gasteiger partial charge in [-0.2, -0.15) is 13.2 Å². The Morgan fingerprint density at radius 2 is 1.85 bits per heavy atom. The van der Waals surface area contributed by atoms with Gasteiger partial charge in [-0.15, -0.1) is 0 Å². The first kappa shape index (κ1) is 19.1. The van der Waals surface area contributed by atoms with Crippen molar-refractivity contribution in [2.24, 2.45) is 0 Å². The summed E-state index contributed by atoms with van der Waals surface area (Å²) < 4.78 is 37.8. The van der Waals surface area contributed by atoms with E-state index in [2.05, 4.69) is 27.1 Å². The minimum atomic E-state index is -4.41. The van der Waals surface area contributed by atoms with Crippen molar-refractivity contribution in [1.82, 2.24) is 9.97 Å². The number of carbonyl (C=O) groups excluding carboxylic acids is 1. The van der Waals surface area contributed by atoms with Crippen LogP contribution in [-0.2, 0) is 6.18 Å². The zero-order chi connectivity index (χ0) is 19.4. The van der Waals surface area contributed by atoms with Crippen LogP contribution in [0.2, 0.25) is 0 Å². The van der Waals surface area contributed by atoms with Crippen molar-refractivity contribution < 1.29 is 18.0 Å². The molecule has 1 aromatic carbocycles. The van der Waals surface area contributed by atoms with Gasteiger partial charge in [-0.1, -0.05) is 6.92 Å². The molecule has 27 heavy (non-hydrogen) atoms. The number of amides is 1. The zero-order valence-electron chi connectivity index (χ0n) is 15.0. The second kappa shape index (κ2) is 7.94. The average molecular weight is 378 g/mol. The van der Waals surface area contributed by atoms with Crippen molar-refractivity contribution in [2.45, 2.75) is 44.8 Å². The molecule has 1 unspecified atom stereocenters. The molecule has 3 rings (SSSR count). The predicted octanol–water partition coefficient (Wildman–Crippen LogP) is 4.52. The smallest absolute Gasteiger partial charge is 0.338 e. The summed E-state index contributed by atoms with van der Waals surface area (Å²) in [6.45, 7) is 3.03. The van der Waals surface area contributed by atoms with Gasteiger partial charge in [-0.05, 0) is 49.9 Å². The second-order valence-corrected chi connectivity index (χ2v) is 6.55. The van der Waals surface area contributed by atoms with Crippen molar-refractivity contribution in [1.29, 1.82) is 0 Å². The lowest BCUT2D eigenvalue weighted by atomic mass is 10.0. The fourth-order valence-electron chi connectivity index (χ4n) is 3.22. The highest BCUT2D eigenvalue weighted by Crippen LogP contribution is 2.30. The standard InChI is InChI=1S/C19H21F3N4O/c1-2-16-5-3-4-10-26(16)18-23-11-13(12-24-18)17(27)25-15-8-6-14(7-9-15)19(20,21)22/h6-9,11-12,16H,2-5,10H2,1H3,(H,25,27). The third-order valence-corrected chi connectivity index (χ3v) is 4.73. The van der Waals surface area contributed by atoms with E-state index in [1.165, 1.54) is 30.9 Å². The molecule has 0 spiro atoms. The van der Waals surface area contributed by atoms with Gasteiger partial charge in [0.25, 0.3) is 5.91 Å². The van der Waals surface area contributed by atoms with Crippen LogP contribution in [0.25, 0.3) is 0 Å². The Morgan fingerprint density at radius 1 is 1.19 bits per heavy atom. The van der Waals surface area contributed by atoms with Crippen LogP contribution in [0.15, 0.2) is 36.7 Å². The maximum Gasteiger partial charge on any atom is 0.416 e. The second-order valence-electron chi connectivity index (χ2n) is 6.55. The van der Waals surface area contributed by atoms with Crippen molar-refractivity contribution in [2.75, 3.05) is 16.8 Å². The van der Waals surface area contributed by atoms with E-state index in [4.69, 9.17) is 0 Å². The molecule has 1 amide bonds. The molecule has 2 aromatic rings. The maximum atomic E-state index is 12.6. The number of benzene rings is 1. The molecule has 0 aliphatic carbocycles. The summed E-state index contributed by atoms with van der Waals surface area (Å²) in [6.07, 6.45) is 2.90. The van der Waals surface area contributed by atoms with E-state index in [1.807, 2.05) is 0 Å². The first-order valence-electron chi connectivity index (χ1n) is 8.96. The summed E-state index contributed by atoms with van der Waals surface area (Å²) in [7, 11) is 0. The molecule has 1 atom stereocenters. The van der Waals surface area contributed by atoms with Crippen LogP contribution in [0.1, 0.15) is 48.5 Å². The molecular weight excluding hydrogens is 357 g/mol. The number of halogens is 3. The van der Waals surface area contributed by atoms with Gasteiger partial charge in [-0.25, -0.2) is 9.97 Å². The molecule has 1 aromatic heterocycles. The molecule has 0 bridgehead atoms. The first-order valence-corrected chi connectivity index (χ1v) is 8.96. The molecular formula is C19H21F3N4O. The zero-order valence-corrected chi connectivity index (χ0v) is 15.0. The van der Waals surface area contributed by atoms with Crippen LogP contribution < -0.4 is 10.2 Å². The molecule has 0 radical (unpaired) electrons. The van der Waals surface area contributed by atoms with E-state index in [0.29, 0.717) is 12.0 Å². The first-order chi connectivity index (χ1) is 12.9. The Bertz CT molecular complexity index is 775. The molecule has 1 saturated heterocycles. The number of nitrogens with zero attached hydrogens (tertiary/aromatic N) is 3. The molecule has 1 aliphatic rings.